The quantitative estimate of drug-likeness (QED) is 0.152. The van der Waals surface area contributed by atoms with Gasteiger partial charge in [-0.15, -0.1) is 0 Å². The highest BCUT2D eigenvalue weighted by Crippen LogP contribution is 2.31. The first-order chi connectivity index (χ1) is 16.9. The van der Waals surface area contributed by atoms with E-state index in [1.54, 1.807) is 0 Å². The number of hydrogen-bond acceptors (Lipinski definition) is 5. The molecule has 0 aliphatic carbocycles. The monoisotopic (exact) mass is 463 g/mol. The molecule has 4 aromatic carbocycles. The number of non-ortho nitro benzene ring substituents is 1. The third-order valence-electron chi connectivity index (χ3n) is 5.41. The van der Waals surface area contributed by atoms with Gasteiger partial charge >= 0.3 is 0 Å². The summed E-state index contributed by atoms with van der Waals surface area (Å²) >= 11 is 0. The molecule has 7 nitrogen and oxygen atoms in total. The highest BCUT2D eigenvalue weighted by atomic mass is 16.6. The maximum Gasteiger partial charge on any atom is 0.271 e. The molecule has 0 heterocycles. The molecule has 4 rings (SSSR count). The maximum absolute atomic E-state index is 12.9. The number of amides is 1. The number of ether oxygens (including phenoxy) is 1. The van der Waals surface area contributed by atoms with Gasteiger partial charge in [-0.1, -0.05) is 66.2 Å². The van der Waals surface area contributed by atoms with Gasteiger partial charge in [0.2, 0.25) is 0 Å². The lowest BCUT2D eigenvalue weighted by Crippen LogP contribution is -2.13. The molecular weight excluding hydrogens is 442 g/mol. The molecule has 0 radical (unpaired) electrons. The van der Waals surface area contributed by atoms with E-state index < -0.39 is 10.8 Å². The van der Waals surface area contributed by atoms with Crippen molar-refractivity contribution in [3.8, 4) is 11.8 Å². The highest BCUT2D eigenvalue weighted by Gasteiger charge is 2.15. The van der Waals surface area contributed by atoms with E-state index in [9.17, 15) is 20.2 Å². The first-order valence-electron chi connectivity index (χ1n) is 10.8. The topological polar surface area (TPSA) is 105 Å². The van der Waals surface area contributed by atoms with Gasteiger partial charge in [0.15, 0.2) is 0 Å². The van der Waals surface area contributed by atoms with Crippen molar-refractivity contribution in [1.29, 1.82) is 5.26 Å². The zero-order chi connectivity index (χ0) is 24.8. The lowest BCUT2D eigenvalue weighted by molar-refractivity contribution is -0.384. The molecule has 0 aromatic heterocycles. The number of nitro benzene ring substituents is 1. The van der Waals surface area contributed by atoms with Crippen LogP contribution in [0.5, 0.6) is 5.75 Å². The van der Waals surface area contributed by atoms with Crippen LogP contribution in [0.1, 0.15) is 16.7 Å². The van der Waals surface area contributed by atoms with E-state index in [2.05, 4.69) is 5.32 Å². The fourth-order valence-electron chi connectivity index (χ4n) is 3.58. The smallest absolute Gasteiger partial charge is 0.271 e. The van der Waals surface area contributed by atoms with E-state index >= 15 is 0 Å². The van der Waals surface area contributed by atoms with E-state index in [1.165, 1.54) is 30.3 Å². The fourth-order valence-corrected chi connectivity index (χ4v) is 3.58. The number of carbonyl (C=O) groups excluding carboxylic acids is 1. The second-order valence-electron chi connectivity index (χ2n) is 7.90. The summed E-state index contributed by atoms with van der Waals surface area (Å²) < 4.78 is 6.10. The number of carbonyl (C=O) groups is 1. The molecule has 0 atom stereocenters. The summed E-state index contributed by atoms with van der Waals surface area (Å²) in [6.45, 7) is 2.33. The van der Waals surface area contributed by atoms with Crippen LogP contribution in [0.2, 0.25) is 0 Å². The number of nitrogens with one attached hydrogen (secondary N) is 1. The summed E-state index contributed by atoms with van der Waals surface area (Å²) in [6, 6.07) is 26.8. The fraction of sp³-hybridized carbons (Fsp3) is 0.0714. The Balaban J connectivity index is 1.68. The molecular formula is C28H21N3O4. The van der Waals surface area contributed by atoms with Crippen molar-refractivity contribution in [3.05, 3.63) is 117 Å². The molecule has 0 aliphatic heterocycles. The van der Waals surface area contributed by atoms with Gasteiger partial charge in [-0.05, 0) is 41.5 Å². The second-order valence-corrected chi connectivity index (χ2v) is 7.90. The van der Waals surface area contributed by atoms with Gasteiger partial charge in [0, 0.05) is 23.4 Å². The molecule has 4 aromatic rings. The summed E-state index contributed by atoms with van der Waals surface area (Å²) in [5.41, 5.74) is 2.64. The van der Waals surface area contributed by atoms with Crippen molar-refractivity contribution in [3.63, 3.8) is 0 Å². The van der Waals surface area contributed by atoms with E-state index in [4.69, 9.17) is 4.74 Å². The maximum atomic E-state index is 12.9. The van der Waals surface area contributed by atoms with E-state index in [0.29, 0.717) is 17.9 Å². The normalized spacial score (nSPS) is 11.0. The predicted octanol–water partition coefficient (Wildman–Crippen LogP) is 6.18. The summed E-state index contributed by atoms with van der Waals surface area (Å²) in [7, 11) is 0. The Morgan fingerprint density at radius 1 is 1.06 bits per heavy atom. The van der Waals surface area contributed by atoms with Crippen molar-refractivity contribution < 1.29 is 14.5 Å². The summed E-state index contributed by atoms with van der Waals surface area (Å²) in [5.74, 6) is -0.148. The highest BCUT2D eigenvalue weighted by molar-refractivity contribution is 6.11. The minimum atomic E-state index is -0.676. The van der Waals surface area contributed by atoms with Crippen LogP contribution in [0.15, 0.2) is 90.5 Å². The zero-order valence-electron chi connectivity index (χ0n) is 18.9. The largest absolute Gasteiger partial charge is 0.488 e. The van der Waals surface area contributed by atoms with Crippen molar-refractivity contribution in [2.45, 2.75) is 13.5 Å². The van der Waals surface area contributed by atoms with E-state index in [-0.39, 0.29) is 16.9 Å². The van der Waals surface area contributed by atoms with Crippen LogP contribution >= 0.6 is 0 Å². The Morgan fingerprint density at radius 3 is 2.57 bits per heavy atom. The number of nitrogens with zero attached hydrogens (tertiary/aromatic N) is 2. The molecule has 0 fully saturated rings. The average molecular weight is 463 g/mol. The van der Waals surface area contributed by atoms with Gasteiger partial charge in [0.1, 0.15) is 24.0 Å². The van der Waals surface area contributed by atoms with Gasteiger partial charge in [0.25, 0.3) is 11.6 Å². The molecule has 1 N–H and O–H groups in total. The van der Waals surface area contributed by atoms with Crippen LogP contribution in [0, 0.1) is 28.4 Å². The third kappa shape index (κ3) is 5.52. The van der Waals surface area contributed by atoms with Crippen molar-refractivity contribution >= 4 is 34.1 Å². The molecule has 172 valence electrons. The Kier molecular flexibility index (Phi) is 6.84. The van der Waals surface area contributed by atoms with Crippen LogP contribution in [-0.2, 0) is 11.4 Å². The Hall–Kier alpha value is -4.96. The Morgan fingerprint density at radius 2 is 1.83 bits per heavy atom. The van der Waals surface area contributed by atoms with Crippen molar-refractivity contribution in [2.75, 3.05) is 5.32 Å². The molecule has 7 heteroatoms. The Labute approximate surface area is 202 Å². The predicted molar refractivity (Wildman–Crippen MR) is 135 cm³/mol. The molecule has 0 saturated heterocycles. The minimum Gasteiger partial charge on any atom is -0.488 e. The summed E-state index contributed by atoms with van der Waals surface area (Å²) in [6.07, 6.45) is 1.49. The van der Waals surface area contributed by atoms with Crippen LogP contribution in [-0.4, -0.2) is 10.8 Å². The number of aryl methyl sites for hydroxylation is 1. The molecule has 0 unspecified atom stereocenters. The second kappa shape index (κ2) is 10.3. The van der Waals surface area contributed by atoms with E-state index in [1.807, 2.05) is 73.7 Å². The van der Waals surface area contributed by atoms with Gasteiger partial charge < -0.3 is 10.1 Å². The first kappa shape index (κ1) is 23.2. The lowest BCUT2D eigenvalue weighted by atomic mass is 10.0. The SMILES string of the molecule is Cc1ccc(COc2ccc3ccccc3c2/C=C(\C#N)C(=O)Nc2cccc([N+](=O)[O-])c2)cc1. The molecule has 1 amide bonds. The van der Waals surface area contributed by atoms with Gasteiger partial charge in [0.05, 0.1) is 4.92 Å². The summed E-state index contributed by atoms with van der Waals surface area (Å²) in [4.78, 5) is 23.4. The van der Waals surface area contributed by atoms with Crippen molar-refractivity contribution in [1.82, 2.24) is 0 Å². The van der Waals surface area contributed by atoms with E-state index in [0.717, 1.165) is 21.9 Å². The van der Waals surface area contributed by atoms with Crippen LogP contribution in [0.3, 0.4) is 0 Å². The van der Waals surface area contributed by atoms with Crippen LogP contribution in [0.25, 0.3) is 16.8 Å². The number of nitro groups is 1. The number of anilines is 1. The first-order valence-corrected chi connectivity index (χ1v) is 10.8. The number of rotatable bonds is 7. The molecule has 0 spiro atoms. The zero-order valence-corrected chi connectivity index (χ0v) is 18.9. The molecule has 0 aliphatic rings. The lowest BCUT2D eigenvalue weighted by Gasteiger charge is -2.13. The van der Waals surface area contributed by atoms with Gasteiger partial charge in [-0.2, -0.15) is 5.26 Å². The number of fused-ring (bicyclic) bond motifs is 1. The van der Waals surface area contributed by atoms with Crippen molar-refractivity contribution in [2.24, 2.45) is 0 Å². The molecule has 0 bridgehead atoms. The van der Waals surface area contributed by atoms with Gasteiger partial charge in [-0.3, -0.25) is 14.9 Å². The standard InChI is InChI=1S/C28H21N3O4/c1-19-9-11-20(12-10-19)18-35-27-14-13-21-5-2-3-8-25(21)26(27)15-22(17-29)28(32)30-23-6-4-7-24(16-23)31(33)34/h2-16H,18H2,1H3,(H,30,32)/b22-15+. The molecule has 0 saturated carbocycles. The minimum absolute atomic E-state index is 0.159. The summed E-state index contributed by atoms with van der Waals surface area (Å²) in [5, 5.41) is 25.1. The Bertz CT molecular complexity index is 1480. The third-order valence-corrected chi connectivity index (χ3v) is 5.41. The van der Waals surface area contributed by atoms with Gasteiger partial charge in [-0.25, -0.2) is 0 Å². The number of hydrogen-bond donors (Lipinski definition) is 1. The molecule has 35 heavy (non-hydrogen) atoms. The number of benzene rings is 4. The van der Waals surface area contributed by atoms with Crippen LogP contribution < -0.4 is 10.1 Å². The average Bonchev–Trinajstić information content (AvgIpc) is 2.87. The van der Waals surface area contributed by atoms with Crippen LogP contribution in [0.4, 0.5) is 11.4 Å². The number of nitriles is 1.